The van der Waals surface area contributed by atoms with Crippen molar-refractivity contribution in [3.8, 4) is 5.75 Å². The van der Waals surface area contributed by atoms with E-state index in [2.05, 4.69) is 66.6 Å². The van der Waals surface area contributed by atoms with E-state index in [0.717, 1.165) is 74.5 Å². The standard InChI is InChI=1S/C39H51ClN2O4S/c1-26(2)17-20-39(45-5)19-7-9-27(3)28(4)47(6,44)41-37(43)30-12-16-36-35(22-30)42(23-31-11-14-34(31)39)24-38(25-46-36)18-8-10-29-21-32(40)13-15-33(29)38/h7,12-13,15-17,19,21-22,27-28,31,34H,6,8-11,14,18,20,23-25H2,1-5H3,(H,41,43,44)/b19-7+/t27-,28+,31-,34+,38-,39-,47?/m0/s1. The van der Waals surface area contributed by atoms with Gasteiger partial charge in [0.15, 0.2) is 0 Å². The van der Waals surface area contributed by atoms with Gasteiger partial charge in [0.05, 0.1) is 27.6 Å². The normalized spacial score (nSPS) is 34.5. The Kier molecular flexibility index (Phi) is 9.65. The predicted octanol–water partition coefficient (Wildman–Crippen LogP) is 7.93. The Morgan fingerprint density at radius 2 is 2.02 bits per heavy atom. The van der Waals surface area contributed by atoms with Gasteiger partial charge in [-0.05, 0) is 131 Å². The van der Waals surface area contributed by atoms with Gasteiger partial charge in [0, 0.05) is 41.5 Å². The average Bonchev–Trinajstić information content (AvgIpc) is 3.17. The fourth-order valence-electron chi connectivity index (χ4n) is 8.34. The molecule has 6 rings (SSSR count). The molecule has 0 saturated heterocycles. The van der Waals surface area contributed by atoms with Gasteiger partial charge in [-0.25, -0.2) is 4.21 Å². The quantitative estimate of drug-likeness (QED) is 0.264. The highest BCUT2D eigenvalue weighted by molar-refractivity contribution is 7.99. The molecule has 1 spiro atoms. The molecular weight excluding hydrogens is 628 g/mol. The van der Waals surface area contributed by atoms with E-state index in [0.29, 0.717) is 24.0 Å². The molecule has 1 N–H and O–H groups in total. The van der Waals surface area contributed by atoms with Crippen LogP contribution in [0.3, 0.4) is 0 Å². The van der Waals surface area contributed by atoms with Gasteiger partial charge in [-0.1, -0.05) is 48.4 Å². The number of allylic oxidation sites excluding steroid dienone is 2. The number of benzene rings is 2. The number of halogens is 1. The molecule has 2 heterocycles. The molecule has 0 aromatic heterocycles. The molecule has 2 aliphatic carbocycles. The third kappa shape index (κ3) is 6.65. The number of amides is 1. The maximum atomic E-state index is 13.9. The van der Waals surface area contributed by atoms with E-state index in [9.17, 15) is 9.00 Å². The number of aryl methyl sites for hydroxylation is 1. The van der Waals surface area contributed by atoms with Crippen LogP contribution in [-0.2, 0) is 26.3 Å². The highest BCUT2D eigenvalue weighted by Crippen LogP contribution is 2.50. The highest BCUT2D eigenvalue weighted by Gasteiger charge is 2.48. The van der Waals surface area contributed by atoms with E-state index >= 15 is 0 Å². The lowest BCUT2D eigenvalue weighted by Crippen LogP contribution is -2.53. The summed E-state index contributed by atoms with van der Waals surface area (Å²) < 4.78 is 29.9. The summed E-state index contributed by atoms with van der Waals surface area (Å²) in [5.74, 6) is 5.20. The summed E-state index contributed by atoms with van der Waals surface area (Å²) in [5.41, 5.74) is 4.60. The van der Waals surface area contributed by atoms with E-state index in [1.54, 1.807) is 6.07 Å². The van der Waals surface area contributed by atoms with Crippen molar-refractivity contribution in [3.05, 3.63) is 81.9 Å². The Bertz CT molecular complexity index is 1680. The molecule has 254 valence electrons. The van der Waals surface area contributed by atoms with Crippen LogP contribution in [0, 0.1) is 17.8 Å². The molecule has 1 fully saturated rings. The summed E-state index contributed by atoms with van der Waals surface area (Å²) in [6.45, 7) is 10.4. The molecule has 2 bridgehead atoms. The van der Waals surface area contributed by atoms with Crippen LogP contribution in [-0.4, -0.2) is 53.6 Å². The van der Waals surface area contributed by atoms with E-state index < -0.39 is 15.3 Å². The Labute approximate surface area is 287 Å². The number of carbonyl (C=O) groups is 1. The molecule has 47 heavy (non-hydrogen) atoms. The number of carbonyl (C=O) groups excluding carboxylic acids is 1. The summed E-state index contributed by atoms with van der Waals surface area (Å²) in [7, 11) is -1.08. The molecular formula is C39H51ClN2O4S. The lowest BCUT2D eigenvalue weighted by Gasteiger charge is -2.50. The fraction of sp³-hybridized carbons (Fsp3) is 0.538. The number of fused-ring (bicyclic) bond motifs is 4. The highest BCUT2D eigenvalue weighted by atomic mass is 35.5. The Hall–Kier alpha value is -2.74. The van der Waals surface area contributed by atoms with E-state index in [-0.39, 0.29) is 22.5 Å². The molecule has 1 unspecified atom stereocenters. The Balaban J connectivity index is 1.47. The van der Waals surface area contributed by atoms with Crippen molar-refractivity contribution in [2.75, 3.05) is 31.7 Å². The van der Waals surface area contributed by atoms with Gasteiger partial charge in [0.25, 0.3) is 5.91 Å². The maximum absolute atomic E-state index is 13.9. The predicted molar refractivity (Wildman–Crippen MR) is 195 cm³/mol. The summed E-state index contributed by atoms with van der Waals surface area (Å²) in [5, 5.41) is 0.443. The summed E-state index contributed by atoms with van der Waals surface area (Å²) in [4.78, 5) is 16.2. The first-order valence-corrected chi connectivity index (χ1v) is 19.4. The second-order valence-electron chi connectivity index (χ2n) is 14.9. The maximum Gasteiger partial charge on any atom is 0.262 e. The summed E-state index contributed by atoms with van der Waals surface area (Å²) >= 11 is 6.47. The van der Waals surface area contributed by atoms with Crippen molar-refractivity contribution in [3.63, 3.8) is 0 Å². The third-order valence-corrected chi connectivity index (χ3v) is 14.0. The van der Waals surface area contributed by atoms with Crippen LogP contribution in [0.25, 0.3) is 0 Å². The topological polar surface area (TPSA) is 67.9 Å². The van der Waals surface area contributed by atoms with Gasteiger partial charge in [-0.2, -0.15) is 0 Å². The van der Waals surface area contributed by atoms with Crippen LogP contribution in [0.2, 0.25) is 5.02 Å². The fourth-order valence-corrected chi connectivity index (χ4v) is 10.0. The third-order valence-electron chi connectivity index (χ3n) is 11.6. The van der Waals surface area contributed by atoms with E-state index in [1.807, 2.05) is 32.2 Å². The van der Waals surface area contributed by atoms with Crippen LogP contribution in [0.15, 0.2) is 60.2 Å². The van der Waals surface area contributed by atoms with E-state index in [4.69, 9.17) is 21.1 Å². The van der Waals surface area contributed by atoms with Crippen molar-refractivity contribution in [1.82, 2.24) is 4.72 Å². The molecule has 1 amide bonds. The van der Waals surface area contributed by atoms with Crippen LogP contribution >= 0.6 is 11.6 Å². The number of nitrogens with one attached hydrogen (secondary N) is 1. The lowest BCUT2D eigenvalue weighted by molar-refractivity contribution is -0.0730. The van der Waals surface area contributed by atoms with Crippen LogP contribution in [0.4, 0.5) is 5.69 Å². The molecule has 2 aromatic carbocycles. The van der Waals surface area contributed by atoms with Gasteiger partial charge in [0.1, 0.15) is 5.75 Å². The number of anilines is 1. The summed E-state index contributed by atoms with van der Waals surface area (Å²) in [6.07, 6.45) is 13.6. The molecule has 0 radical (unpaired) electrons. The first kappa shape index (κ1) is 34.1. The Morgan fingerprint density at radius 3 is 2.74 bits per heavy atom. The smallest absolute Gasteiger partial charge is 0.262 e. The molecule has 2 aliphatic heterocycles. The molecule has 8 heteroatoms. The zero-order chi connectivity index (χ0) is 33.6. The van der Waals surface area contributed by atoms with Crippen molar-refractivity contribution < 1.29 is 18.5 Å². The number of methoxy groups -OCH3 is 1. The van der Waals surface area contributed by atoms with Crippen molar-refractivity contribution in [1.29, 1.82) is 0 Å². The van der Waals surface area contributed by atoms with Crippen molar-refractivity contribution in [2.24, 2.45) is 17.8 Å². The van der Waals surface area contributed by atoms with Crippen LogP contribution < -0.4 is 14.4 Å². The van der Waals surface area contributed by atoms with Gasteiger partial charge >= 0.3 is 0 Å². The molecule has 6 nitrogen and oxygen atoms in total. The SMILES string of the molecule is C=S1(=O)NC(=O)c2ccc3c(c2)N(C[C@@H]2CC[C@H]2[C@](CC=C(C)C)(OC)/C=C/C[C@H](C)[C@H]1C)C[C@@]1(CCCc2cc(Cl)ccc21)CO3. The molecule has 7 atom stereocenters. The first-order chi connectivity index (χ1) is 22.4. The number of hydrogen-bond donors (Lipinski definition) is 1. The largest absolute Gasteiger partial charge is 0.490 e. The first-order valence-electron chi connectivity index (χ1n) is 17.2. The minimum Gasteiger partial charge on any atom is -0.490 e. The average molecular weight is 679 g/mol. The van der Waals surface area contributed by atoms with E-state index in [1.165, 1.54) is 16.7 Å². The number of hydrogen-bond acceptors (Lipinski definition) is 5. The lowest BCUT2D eigenvalue weighted by atomic mass is 9.62. The zero-order valence-corrected chi connectivity index (χ0v) is 30.2. The summed E-state index contributed by atoms with van der Waals surface area (Å²) in [6, 6.07) is 12.0. The second-order valence-corrected chi connectivity index (χ2v) is 17.7. The van der Waals surface area contributed by atoms with Crippen LogP contribution in [0.5, 0.6) is 5.75 Å². The molecule has 1 saturated carbocycles. The number of rotatable bonds is 3. The van der Waals surface area contributed by atoms with Crippen LogP contribution in [0.1, 0.15) is 87.7 Å². The van der Waals surface area contributed by atoms with Crippen molar-refractivity contribution >= 4 is 38.8 Å². The molecule has 2 aromatic rings. The van der Waals surface area contributed by atoms with Gasteiger partial charge in [0.2, 0.25) is 0 Å². The van der Waals surface area contributed by atoms with Gasteiger partial charge < -0.3 is 14.4 Å². The number of ether oxygens (including phenoxy) is 2. The van der Waals surface area contributed by atoms with Gasteiger partial charge in [-0.15, -0.1) is 0 Å². The Morgan fingerprint density at radius 1 is 1.21 bits per heavy atom. The van der Waals surface area contributed by atoms with Crippen molar-refractivity contribution in [2.45, 2.75) is 88.9 Å². The molecule has 4 aliphatic rings. The minimum atomic E-state index is -2.93. The number of nitrogens with zero attached hydrogens (tertiary/aromatic N) is 1. The van der Waals surface area contributed by atoms with Gasteiger partial charge in [-0.3, -0.25) is 9.52 Å². The minimum absolute atomic E-state index is 0.0417. The zero-order valence-electron chi connectivity index (χ0n) is 28.7. The second kappa shape index (κ2) is 13.3. The monoisotopic (exact) mass is 678 g/mol.